The minimum absolute atomic E-state index is 0.0509. The number of esters is 2. The molecule has 0 radical (unpaired) electrons. The van der Waals surface area contributed by atoms with Crippen LogP contribution in [0.4, 0.5) is 0 Å². The van der Waals surface area contributed by atoms with E-state index < -0.39 is 26.5 Å². The Bertz CT molecular complexity index is 1030. The number of allylic oxidation sites excluding steroid dienone is 6. The highest BCUT2D eigenvalue weighted by Gasteiger charge is 2.26. The van der Waals surface area contributed by atoms with Crippen LogP contribution in [0.2, 0.25) is 0 Å². The summed E-state index contributed by atoms with van der Waals surface area (Å²) in [6.07, 6.45) is 49.0. The molecule has 0 saturated carbocycles. The lowest BCUT2D eigenvalue weighted by atomic mass is 10.0. The highest BCUT2D eigenvalue weighted by molar-refractivity contribution is 7.47. The van der Waals surface area contributed by atoms with Crippen LogP contribution in [0.1, 0.15) is 219 Å². The quantitative estimate of drug-likeness (QED) is 0.0266. The van der Waals surface area contributed by atoms with Crippen molar-refractivity contribution >= 4 is 19.8 Å². The molecule has 3 N–H and O–H groups in total. The van der Waals surface area contributed by atoms with Crippen molar-refractivity contribution in [1.82, 2.24) is 0 Å². The van der Waals surface area contributed by atoms with Crippen LogP contribution in [-0.4, -0.2) is 49.3 Å². The minimum Gasteiger partial charge on any atom is -0.462 e. The van der Waals surface area contributed by atoms with Crippen molar-refractivity contribution in [3.05, 3.63) is 36.5 Å². The van der Waals surface area contributed by atoms with Crippen molar-refractivity contribution in [2.45, 2.75) is 225 Å². The van der Waals surface area contributed by atoms with E-state index in [9.17, 15) is 19.0 Å². The Morgan fingerprint density at radius 2 is 0.947 bits per heavy atom. The van der Waals surface area contributed by atoms with Crippen LogP contribution in [-0.2, 0) is 32.7 Å². The van der Waals surface area contributed by atoms with Gasteiger partial charge in [-0.05, 0) is 64.2 Å². The van der Waals surface area contributed by atoms with Gasteiger partial charge in [-0.2, -0.15) is 0 Å². The summed E-state index contributed by atoms with van der Waals surface area (Å²) in [5.74, 6) is -0.842. The summed E-state index contributed by atoms with van der Waals surface area (Å²) in [5.41, 5.74) is 5.35. The first-order valence-corrected chi connectivity index (χ1v) is 25.0. The Morgan fingerprint density at radius 3 is 1.42 bits per heavy atom. The first-order chi connectivity index (χ1) is 27.8. The molecule has 0 saturated heterocycles. The number of phosphoric acid groups is 1. The zero-order valence-electron chi connectivity index (χ0n) is 36.8. The number of carbonyl (C=O) groups excluding carboxylic acids is 2. The van der Waals surface area contributed by atoms with Crippen LogP contribution in [0, 0.1) is 0 Å². The SMILES string of the molecule is CCC/C=C\C/C=C\CCCCCCCC(=O)OC(COC(=O)CCCCCCCCCCCCC/C=C\CCCCCCCCCC)COP(=O)(O)OCCN. The highest BCUT2D eigenvalue weighted by atomic mass is 31.2. The lowest BCUT2D eigenvalue weighted by molar-refractivity contribution is -0.161. The van der Waals surface area contributed by atoms with Gasteiger partial charge in [0.2, 0.25) is 0 Å². The molecular formula is C47H88NO8P. The molecule has 9 nitrogen and oxygen atoms in total. The number of carbonyl (C=O) groups is 2. The number of nitrogens with two attached hydrogens (primary N) is 1. The lowest BCUT2D eigenvalue weighted by Gasteiger charge is -2.19. The number of ether oxygens (including phenoxy) is 2. The van der Waals surface area contributed by atoms with Gasteiger partial charge in [-0.15, -0.1) is 0 Å². The molecule has 0 aromatic carbocycles. The van der Waals surface area contributed by atoms with Crippen LogP contribution in [0.5, 0.6) is 0 Å². The molecule has 2 unspecified atom stereocenters. The van der Waals surface area contributed by atoms with E-state index in [0.29, 0.717) is 6.42 Å². The Hall–Kier alpha value is -1.77. The maximum atomic E-state index is 12.6. The Balaban J connectivity index is 4.03. The first-order valence-electron chi connectivity index (χ1n) is 23.5. The number of hydrogen-bond donors (Lipinski definition) is 2. The van der Waals surface area contributed by atoms with Crippen LogP contribution in [0.3, 0.4) is 0 Å². The second-order valence-corrected chi connectivity index (χ2v) is 17.1. The smallest absolute Gasteiger partial charge is 0.462 e. The van der Waals surface area contributed by atoms with Gasteiger partial charge in [-0.25, -0.2) is 4.57 Å². The number of hydrogen-bond acceptors (Lipinski definition) is 8. The standard InChI is InChI=1S/C47H88NO8P/c1-3-5-7-9-11-13-15-17-18-19-20-21-22-23-24-25-26-28-29-31-33-35-37-39-46(49)53-43-45(44-55-57(51,52)54-42-41-48)56-47(50)40-38-36-34-32-30-27-16-14-12-10-8-6-4-2/h8,10,14,16,19-20,45H,3-7,9,11-13,15,17-18,21-44,48H2,1-2H3,(H,51,52)/b10-8-,16-14-,20-19-. The molecule has 10 heteroatoms. The zero-order valence-corrected chi connectivity index (χ0v) is 37.7. The van der Waals surface area contributed by atoms with E-state index in [1.165, 1.54) is 122 Å². The molecule has 0 aliphatic carbocycles. The third-order valence-corrected chi connectivity index (χ3v) is 11.0. The molecule has 0 fully saturated rings. The molecule has 0 bridgehead atoms. The average Bonchev–Trinajstić information content (AvgIpc) is 3.20. The van der Waals surface area contributed by atoms with Gasteiger partial charge in [-0.3, -0.25) is 18.6 Å². The largest absolute Gasteiger partial charge is 0.472 e. The summed E-state index contributed by atoms with van der Waals surface area (Å²) in [6, 6.07) is 0. The van der Waals surface area contributed by atoms with Gasteiger partial charge in [0.15, 0.2) is 6.10 Å². The van der Waals surface area contributed by atoms with Gasteiger partial charge in [0.1, 0.15) is 6.61 Å². The van der Waals surface area contributed by atoms with Crippen LogP contribution in [0.25, 0.3) is 0 Å². The molecular weight excluding hydrogens is 737 g/mol. The van der Waals surface area contributed by atoms with Gasteiger partial charge >= 0.3 is 19.8 Å². The molecule has 0 aromatic heterocycles. The molecule has 57 heavy (non-hydrogen) atoms. The van der Waals surface area contributed by atoms with Gasteiger partial charge < -0.3 is 20.1 Å². The maximum absolute atomic E-state index is 12.6. The third kappa shape index (κ3) is 43.6. The summed E-state index contributed by atoms with van der Waals surface area (Å²) in [4.78, 5) is 34.9. The first kappa shape index (κ1) is 55.2. The molecule has 0 spiro atoms. The van der Waals surface area contributed by atoms with E-state index in [0.717, 1.165) is 64.2 Å². The summed E-state index contributed by atoms with van der Waals surface area (Å²) in [5, 5.41) is 0. The zero-order chi connectivity index (χ0) is 41.8. The van der Waals surface area contributed by atoms with E-state index in [2.05, 4.69) is 50.3 Å². The monoisotopic (exact) mass is 826 g/mol. The molecule has 0 heterocycles. The van der Waals surface area contributed by atoms with E-state index in [-0.39, 0.29) is 38.6 Å². The van der Waals surface area contributed by atoms with Crippen LogP contribution < -0.4 is 5.73 Å². The fourth-order valence-corrected chi connectivity index (χ4v) is 7.26. The average molecular weight is 826 g/mol. The van der Waals surface area contributed by atoms with E-state index in [1.807, 2.05) is 0 Å². The Morgan fingerprint density at radius 1 is 0.526 bits per heavy atom. The molecule has 0 rings (SSSR count). The minimum atomic E-state index is -4.38. The number of rotatable bonds is 44. The maximum Gasteiger partial charge on any atom is 0.472 e. The van der Waals surface area contributed by atoms with Gasteiger partial charge in [0, 0.05) is 19.4 Å². The predicted octanol–water partition coefficient (Wildman–Crippen LogP) is 13.7. The Labute approximate surface area is 350 Å². The van der Waals surface area contributed by atoms with E-state index in [1.54, 1.807) is 0 Å². The van der Waals surface area contributed by atoms with Crippen LogP contribution >= 0.6 is 7.82 Å². The molecule has 334 valence electrons. The van der Waals surface area contributed by atoms with Gasteiger partial charge in [-0.1, -0.05) is 179 Å². The van der Waals surface area contributed by atoms with Crippen molar-refractivity contribution in [3.8, 4) is 0 Å². The fourth-order valence-electron chi connectivity index (χ4n) is 6.49. The van der Waals surface area contributed by atoms with Gasteiger partial charge in [0.05, 0.1) is 13.2 Å². The van der Waals surface area contributed by atoms with Crippen molar-refractivity contribution in [2.24, 2.45) is 5.73 Å². The van der Waals surface area contributed by atoms with Crippen molar-refractivity contribution in [1.29, 1.82) is 0 Å². The number of phosphoric ester groups is 1. The second kappa shape index (κ2) is 43.8. The van der Waals surface area contributed by atoms with E-state index in [4.69, 9.17) is 24.3 Å². The normalized spacial score (nSPS) is 13.5. The molecule has 0 amide bonds. The van der Waals surface area contributed by atoms with Gasteiger partial charge in [0.25, 0.3) is 0 Å². The summed E-state index contributed by atoms with van der Waals surface area (Å²) >= 11 is 0. The van der Waals surface area contributed by atoms with Crippen LogP contribution in [0.15, 0.2) is 36.5 Å². The summed E-state index contributed by atoms with van der Waals surface area (Å²) in [6.45, 7) is 3.66. The number of unbranched alkanes of at least 4 members (excludes halogenated alkanes) is 25. The van der Waals surface area contributed by atoms with Crippen molar-refractivity contribution < 1.29 is 37.6 Å². The van der Waals surface area contributed by atoms with E-state index >= 15 is 0 Å². The lowest BCUT2D eigenvalue weighted by Crippen LogP contribution is -2.29. The molecule has 0 aromatic rings. The molecule has 2 atom stereocenters. The third-order valence-electron chi connectivity index (χ3n) is 9.98. The summed E-state index contributed by atoms with van der Waals surface area (Å²) in [7, 11) is -4.38. The molecule has 0 aliphatic rings. The van der Waals surface area contributed by atoms with Crippen molar-refractivity contribution in [2.75, 3.05) is 26.4 Å². The predicted molar refractivity (Wildman–Crippen MR) is 238 cm³/mol. The molecule has 0 aliphatic heterocycles. The summed E-state index contributed by atoms with van der Waals surface area (Å²) < 4.78 is 32.8. The fraction of sp³-hybridized carbons (Fsp3) is 0.830. The second-order valence-electron chi connectivity index (χ2n) is 15.6. The Kier molecular flexibility index (Phi) is 42.4. The van der Waals surface area contributed by atoms with Crippen molar-refractivity contribution in [3.63, 3.8) is 0 Å². The highest BCUT2D eigenvalue weighted by Crippen LogP contribution is 2.43. The topological polar surface area (TPSA) is 134 Å².